The van der Waals surface area contributed by atoms with Gasteiger partial charge in [0.1, 0.15) is 5.75 Å². The van der Waals surface area contributed by atoms with E-state index in [2.05, 4.69) is 67.5 Å². The van der Waals surface area contributed by atoms with Crippen molar-refractivity contribution in [3.63, 3.8) is 0 Å². The van der Waals surface area contributed by atoms with Crippen LogP contribution in [0.5, 0.6) is 5.75 Å². The lowest BCUT2D eigenvalue weighted by Gasteiger charge is -2.45. The number of unbranched alkanes of at least 4 members (excludes halogenated alkanes) is 1. The molecule has 3 aromatic carbocycles. The monoisotopic (exact) mass is 598 g/mol. The van der Waals surface area contributed by atoms with Crippen LogP contribution < -0.4 is 10.1 Å². The average Bonchev–Trinajstić information content (AvgIpc) is 3.04. The maximum Gasteiger partial charge on any atom is 0.312 e. The summed E-state index contributed by atoms with van der Waals surface area (Å²) >= 11 is 0. The number of ether oxygens (including phenoxy) is 1. The number of carbonyl (C=O) groups is 2. The highest BCUT2D eigenvalue weighted by Crippen LogP contribution is 2.24. The smallest absolute Gasteiger partial charge is 0.312 e. The first-order valence-corrected chi connectivity index (χ1v) is 16.1. The molecule has 1 fully saturated rings. The maximum atomic E-state index is 13.7. The van der Waals surface area contributed by atoms with Crippen LogP contribution in [-0.2, 0) is 29.1 Å². The molecule has 2 atom stereocenters. The molecule has 0 unspecified atom stereocenters. The van der Waals surface area contributed by atoms with Gasteiger partial charge in [-0.1, -0.05) is 93.1 Å². The molecule has 2 amide bonds. The van der Waals surface area contributed by atoms with Gasteiger partial charge in [0.05, 0.1) is 13.2 Å². The highest BCUT2D eigenvalue weighted by Gasteiger charge is 2.42. The Morgan fingerprint density at radius 2 is 1.52 bits per heavy atom. The highest BCUT2D eigenvalue weighted by molar-refractivity contribution is 6.35. The molecule has 7 nitrogen and oxygen atoms in total. The van der Waals surface area contributed by atoms with E-state index in [1.54, 1.807) is 7.11 Å². The first-order valence-electron chi connectivity index (χ1n) is 16.1. The number of benzene rings is 3. The van der Waals surface area contributed by atoms with Crippen molar-refractivity contribution >= 4 is 11.8 Å². The maximum absolute atomic E-state index is 13.7. The molecule has 1 N–H and O–H groups in total. The van der Waals surface area contributed by atoms with Crippen LogP contribution in [0, 0.1) is 5.92 Å². The van der Waals surface area contributed by atoms with E-state index in [1.807, 2.05) is 58.3 Å². The minimum Gasteiger partial charge on any atom is -0.497 e. The molecule has 0 bridgehead atoms. The Hall–Kier alpha value is -3.68. The number of amides is 2. The predicted molar refractivity (Wildman–Crippen MR) is 177 cm³/mol. The summed E-state index contributed by atoms with van der Waals surface area (Å²) in [6, 6.07) is 28.7. The number of hydrogen-bond acceptors (Lipinski definition) is 5. The van der Waals surface area contributed by atoms with E-state index in [4.69, 9.17) is 4.74 Å². The van der Waals surface area contributed by atoms with E-state index in [0.717, 1.165) is 50.2 Å². The van der Waals surface area contributed by atoms with E-state index in [-0.39, 0.29) is 29.8 Å². The first-order chi connectivity index (χ1) is 21.4. The fourth-order valence-corrected chi connectivity index (χ4v) is 6.06. The minimum absolute atomic E-state index is 0.0212. The lowest BCUT2D eigenvalue weighted by Crippen LogP contribution is -2.64. The van der Waals surface area contributed by atoms with Crippen LogP contribution in [0.15, 0.2) is 84.9 Å². The second kappa shape index (κ2) is 17.0. The molecular weight excluding hydrogens is 548 g/mol. The molecule has 0 saturated carbocycles. The molecule has 1 aliphatic rings. The molecule has 1 aliphatic heterocycles. The summed E-state index contributed by atoms with van der Waals surface area (Å²) in [5.74, 6) is 0.293. The molecule has 7 heteroatoms. The first kappa shape index (κ1) is 33.2. The fraction of sp³-hybridized carbons (Fsp3) is 0.459. The van der Waals surface area contributed by atoms with E-state index in [9.17, 15) is 9.59 Å². The number of carbonyl (C=O) groups excluding carboxylic acids is 2. The molecule has 0 spiro atoms. The van der Waals surface area contributed by atoms with E-state index >= 15 is 0 Å². The zero-order chi connectivity index (χ0) is 31.3. The number of nitrogens with one attached hydrogen (secondary N) is 1. The molecule has 4 rings (SSSR count). The molecule has 3 aromatic rings. The van der Waals surface area contributed by atoms with E-state index in [0.29, 0.717) is 26.1 Å². The van der Waals surface area contributed by atoms with Crippen molar-refractivity contribution in [2.75, 3.05) is 40.3 Å². The molecular formula is C37H50N4O3. The van der Waals surface area contributed by atoms with Crippen molar-refractivity contribution in [3.05, 3.63) is 102 Å². The van der Waals surface area contributed by atoms with Gasteiger partial charge in [-0.15, -0.1) is 0 Å². The molecule has 44 heavy (non-hydrogen) atoms. The topological polar surface area (TPSA) is 65.1 Å². The number of methoxy groups -OCH3 is 1. The number of nitrogens with zero attached hydrogens (tertiary/aromatic N) is 3. The molecule has 0 aromatic heterocycles. The summed E-state index contributed by atoms with van der Waals surface area (Å²) in [5, 5.41) is 3.59. The van der Waals surface area contributed by atoms with Gasteiger partial charge in [0.2, 0.25) is 0 Å². The molecule has 0 aliphatic carbocycles. The Balaban J connectivity index is 1.39. The van der Waals surface area contributed by atoms with Gasteiger partial charge in [0, 0.05) is 38.8 Å². The van der Waals surface area contributed by atoms with Crippen LogP contribution in [0.25, 0.3) is 0 Å². The van der Waals surface area contributed by atoms with Gasteiger partial charge in [-0.2, -0.15) is 0 Å². The highest BCUT2D eigenvalue weighted by atomic mass is 16.5. The zero-order valence-corrected chi connectivity index (χ0v) is 27.0. The summed E-state index contributed by atoms with van der Waals surface area (Å²) in [6.07, 6.45) is 3.58. The van der Waals surface area contributed by atoms with Crippen LogP contribution in [0.3, 0.4) is 0 Å². The lowest BCUT2D eigenvalue weighted by atomic mass is 9.95. The van der Waals surface area contributed by atoms with E-state index < -0.39 is 0 Å². The SMILES string of the molecule is COc1ccc(CCN2C(=O)C(=O)N([C@@H](CCCCN(C)Cc3ccccc3)CNCc3ccccc3)C[C@@H]2C(C)C)cc1. The van der Waals surface area contributed by atoms with Gasteiger partial charge in [-0.3, -0.25) is 9.59 Å². The van der Waals surface area contributed by atoms with Crippen molar-refractivity contribution in [2.45, 2.75) is 64.7 Å². The Bertz CT molecular complexity index is 1280. The van der Waals surface area contributed by atoms with Gasteiger partial charge in [-0.05, 0) is 67.6 Å². The number of piperazine rings is 1. The van der Waals surface area contributed by atoms with Crippen LogP contribution >= 0.6 is 0 Å². The summed E-state index contributed by atoms with van der Waals surface area (Å²) in [4.78, 5) is 33.4. The Morgan fingerprint density at radius 3 is 2.16 bits per heavy atom. The van der Waals surface area contributed by atoms with Gasteiger partial charge < -0.3 is 24.8 Å². The lowest BCUT2D eigenvalue weighted by molar-refractivity contribution is -0.162. The Labute approximate surface area is 264 Å². The van der Waals surface area contributed by atoms with Crippen LogP contribution in [0.2, 0.25) is 0 Å². The van der Waals surface area contributed by atoms with Crippen molar-refractivity contribution in [1.82, 2.24) is 20.0 Å². The number of rotatable bonds is 17. The molecule has 1 heterocycles. The average molecular weight is 599 g/mol. The van der Waals surface area contributed by atoms with Crippen molar-refractivity contribution < 1.29 is 14.3 Å². The van der Waals surface area contributed by atoms with Crippen molar-refractivity contribution in [3.8, 4) is 5.75 Å². The minimum atomic E-state index is -0.376. The third kappa shape index (κ3) is 9.66. The summed E-state index contributed by atoms with van der Waals surface area (Å²) in [7, 11) is 3.81. The Kier molecular flexibility index (Phi) is 12.8. The van der Waals surface area contributed by atoms with Gasteiger partial charge in [0.15, 0.2) is 0 Å². The third-order valence-corrected chi connectivity index (χ3v) is 8.67. The quantitative estimate of drug-likeness (QED) is 0.167. The number of hydrogen-bond donors (Lipinski definition) is 1. The van der Waals surface area contributed by atoms with Crippen LogP contribution in [-0.4, -0.2) is 78.9 Å². The summed E-state index contributed by atoms with van der Waals surface area (Å²) < 4.78 is 5.28. The molecule has 236 valence electrons. The van der Waals surface area contributed by atoms with Gasteiger partial charge in [0.25, 0.3) is 0 Å². The second-order valence-corrected chi connectivity index (χ2v) is 12.4. The van der Waals surface area contributed by atoms with Crippen LogP contribution in [0.4, 0.5) is 0 Å². The predicted octanol–water partition coefficient (Wildman–Crippen LogP) is 5.39. The van der Waals surface area contributed by atoms with Gasteiger partial charge >= 0.3 is 11.8 Å². The normalized spacial score (nSPS) is 16.2. The summed E-state index contributed by atoms with van der Waals surface area (Å²) in [5.41, 5.74) is 3.64. The van der Waals surface area contributed by atoms with E-state index in [1.165, 1.54) is 11.1 Å². The second-order valence-electron chi connectivity index (χ2n) is 12.4. The third-order valence-electron chi connectivity index (χ3n) is 8.67. The zero-order valence-electron chi connectivity index (χ0n) is 27.0. The van der Waals surface area contributed by atoms with Crippen molar-refractivity contribution in [2.24, 2.45) is 5.92 Å². The standard InChI is InChI=1S/C37H50N4O3/c1-29(2)35-28-41(37(43)36(42)40(35)24-22-30-18-20-34(44-4)21-19-30)33(26-38-25-31-13-7-5-8-14-31)17-11-12-23-39(3)27-32-15-9-6-10-16-32/h5-10,13-16,18-21,29,33,35,38H,11-12,17,22-28H2,1-4H3/t33-,35+/m0/s1. The summed E-state index contributed by atoms with van der Waals surface area (Å²) in [6.45, 7) is 8.69. The Morgan fingerprint density at radius 1 is 0.864 bits per heavy atom. The molecule has 0 radical (unpaired) electrons. The van der Waals surface area contributed by atoms with Crippen LogP contribution in [0.1, 0.15) is 49.8 Å². The van der Waals surface area contributed by atoms with Gasteiger partial charge in [-0.25, -0.2) is 0 Å². The largest absolute Gasteiger partial charge is 0.497 e. The molecule has 1 saturated heterocycles. The fourth-order valence-electron chi connectivity index (χ4n) is 6.06. The van der Waals surface area contributed by atoms with Crippen molar-refractivity contribution in [1.29, 1.82) is 0 Å².